The molecular weight excluding hydrogens is 612 g/mol. The van der Waals surface area contributed by atoms with Crippen molar-refractivity contribution < 1.29 is 19.8 Å². The molecule has 8 rings (SSSR count). The van der Waals surface area contributed by atoms with Crippen LogP contribution < -0.4 is 11.5 Å². The Labute approximate surface area is 271 Å². The molecule has 0 amide bonds. The van der Waals surface area contributed by atoms with Crippen molar-refractivity contribution in [1.29, 1.82) is 0 Å². The Kier molecular flexibility index (Phi) is 7.34. The Morgan fingerprint density at radius 3 is 1.40 bits per heavy atom. The Morgan fingerprint density at radius 1 is 0.604 bits per heavy atom. The van der Waals surface area contributed by atoms with Gasteiger partial charge in [0.2, 0.25) is 0 Å². The zero-order valence-corrected chi connectivity index (χ0v) is 24.9. The number of nitrogens with zero attached hydrogens (tertiary/aromatic N) is 6. The van der Waals surface area contributed by atoms with Crippen LogP contribution in [0.25, 0.3) is 56.2 Å². The second-order valence-electron chi connectivity index (χ2n) is 10.7. The van der Waals surface area contributed by atoms with E-state index in [9.17, 15) is 9.59 Å². The normalized spacial score (nSPS) is 11.0. The molecule has 0 saturated carbocycles. The lowest BCUT2D eigenvalue weighted by Crippen LogP contribution is -1.98. The number of carbonyl (C=O) groups is 2. The third-order valence-corrected chi connectivity index (χ3v) is 7.62. The standard InChI is InChI=1S/2C17H13N5O2/c2*18-12-7-10(2-4-15(12)22-6-5-19-9-22)16-20-13-3-1-11(17(23)24)8-14(13)21-16/h2*1-9H,18H2,(H,20,21)(H,23,24). The maximum Gasteiger partial charge on any atom is 0.335 e. The molecule has 0 unspecified atom stereocenters. The number of rotatable bonds is 6. The first kappa shape index (κ1) is 29.5. The van der Waals surface area contributed by atoms with Crippen molar-refractivity contribution in [1.82, 2.24) is 39.0 Å². The number of nitrogens with two attached hydrogens (primary N) is 2. The number of hydrogen-bond acceptors (Lipinski definition) is 8. The summed E-state index contributed by atoms with van der Waals surface area (Å²) < 4.78 is 3.66. The smallest absolute Gasteiger partial charge is 0.335 e. The van der Waals surface area contributed by atoms with E-state index in [1.54, 1.807) is 49.3 Å². The highest BCUT2D eigenvalue weighted by atomic mass is 16.4. The maximum atomic E-state index is 11.1. The molecule has 48 heavy (non-hydrogen) atoms. The second kappa shape index (κ2) is 11.9. The van der Waals surface area contributed by atoms with E-state index >= 15 is 0 Å². The van der Waals surface area contributed by atoms with Crippen molar-refractivity contribution in [3.05, 3.63) is 121 Å². The average Bonchev–Trinajstić information content (AvgIpc) is 3.91. The van der Waals surface area contributed by atoms with E-state index in [1.165, 1.54) is 12.1 Å². The minimum absolute atomic E-state index is 0.215. The Balaban J connectivity index is 0.000000152. The van der Waals surface area contributed by atoms with E-state index in [1.807, 2.05) is 57.9 Å². The van der Waals surface area contributed by atoms with Crippen LogP contribution in [-0.2, 0) is 0 Å². The highest BCUT2D eigenvalue weighted by molar-refractivity contribution is 5.94. The van der Waals surface area contributed by atoms with Crippen molar-refractivity contribution in [2.45, 2.75) is 0 Å². The van der Waals surface area contributed by atoms with Crippen LogP contribution in [0.3, 0.4) is 0 Å². The summed E-state index contributed by atoms with van der Waals surface area (Å²) in [6.45, 7) is 0. The quantitative estimate of drug-likeness (QED) is 0.127. The van der Waals surface area contributed by atoms with Gasteiger partial charge in [-0.15, -0.1) is 0 Å². The molecule has 0 fully saturated rings. The molecule has 0 aliphatic carbocycles. The van der Waals surface area contributed by atoms with Gasteiger partial charge in [0.05, 0.1) is 68.6 Å². The molecular formula is C34H26N10O4. The number of carboxylic acids is 2. The zero-order valence-electron chi connectivity index (χ0n) is 24.9. The van der Waals surface area contributed by atoms with Gasteiger partial charge < -0.3 is 40.8 Å². The molecule has 4 aromatic carbocycles. The molecule has 14 nitrogen and oxygen atoms in total. The molecule has 4 aromatic heterocycles. The molecule has 8 N–H and O–H groups in total. The van der Waals surface area contributed by atoms with Gasteiger partial charge in [0.1, 0.15) is 11.6 Å². The highest BCUT2D eigenvalue weighted by Crippen LogP contribution is 2.28. The van der Waals surface area contributed by atoms with E-state index in [0.717, 1.165) is 22.5 Å². The molecule has 236 valence electrons. The molecule has 14 heteroatoms. The molecule has 4 heterocycles. The van der Waals surface area contributed by atoms with Crippen LogP contribution in [0.2, 0.25) is 0 Å². The van der Waals surface area contributed by atoms with Crippen LogP contribution in [0, 0.1) is 0 Å². The van der Waals surface area contributed by atoms with Gasteiger partial charge in [0.15, 0.2) is 0 Å². The molecule has 0 saturated heterocycles. The molecule has 8 aromatic rings. The van der Waals surface area contributed by atoms with Gasteiger partial charge in [0, 0.05) is 35.9 Å². The summed E-state index contributed by atoms with van der Waals surface area (Å²) in [6.07, 6.45) is 10.4. The Hall–Kier alpha value is -7.22. The highest BCUT2D eigenvalue weighted by Gasteiger charge is 2.12. The van der Waals surface area contributed by atoms with Crippen molar-refractivity contribution in [3.8, 4) is 34.2 Å². The van der Waals surface area contributed by atoms with Gasteiger partial charge in [-0.3, -0.25) is 0 Å². The van der Waals surface area contributed by atoms with Crippen molar-refractivity contribution >= 4 is 45.4 Å². The fourth-order valence-electron chi connectivity index (χ4n) is 5.24. The third kappa shape index (κ3) is 5.67. The SMILES string of the molecule is Nc1cc(-c2nc3ccc(C(=O)O)cc3[nH]2)ccc1-n1ccnc1.Nc1cc(-c2nc3ccc(C(=O)O)cc3[nH]2)ccc1-n1ccnc1. The van der Waals surface area contributed by atoms with Crippen LogP contribution in [0.5, 0.6) is 0 Å². The van der Waals surface area contributed by atoms with Crippen LogP contribution >= 0.6 is 0 Å². The van der Waals surface area contributed by atoms with Crippen LogP contribution in [0.15, 0.2) is 110 Å². The lowest BCUT2D eigenvalue weighted by molar-refractivity contribution is 0.0686. The predicted molar refractivity (Wildman–Crippen MR) is 180 cm³/mol. The second-order valence-corrected chi connectivity index (χ2v) is 10.7. The number of aromatic amines is 2. The number of imidazole rings is 4. The number of anilines is 2. The lowest BCUT2D eigenvalue weighted by Gasteiger charge is -2.07. The fourth-order valence-corrected chi connectivity index (χ4v) is 5.24. The van der Waals surface area contributed by atoms with Gasteiger partial charge in [-0.1, -0.05) is 0 Å². The number of H-pyrrole nitrogens is 2. The Bertz CT molecular complexity index is 2270. The molecule has 0 radical (unpaired) electrons. The summed E-state index contributed by atoms with van der Waals surface area (Å²) in [4.78, 5) is 45.4. The van der Waals surface area contributed by atoms with Gasteiger partial charge in [-0.05, 0) is 72.8 Å². The summed E-state index contributed by atoms with van der Waals surface area (Å²) in [5, 5.41) is 18.1. The van der Waals surface area contributed by atoms with Gasteiger partial charge >= 0.3 is 11.9 Å². The summed E-state index contributed by atoms with van der Waals surface area (Å²) in [5.74, 6) is -0.670. The van der Waals surface area contributed by atoms with E-state index in [-0.39, 0.29) is 11.1 Å². The van der Waals surface area contributed by atoms with Crippen molar-refractivity contribution in [2.75, 3.05) is 11.5 Å². The minimum atomic E-state index is -0.970. The first-order valence-corrected chi connectivity index (χ1v) is 14.5. The van der Waals surface area contributed by atoms with Crippen molar-refractivity contribution in [2.24, 2.45) is 0 Å². The van der Waals surface area contributed by atoms with Crippen LogP contribution in [0.1, 0.15) is 20.7 Å². The lowest BCUT2D eigenvalue weighted by atomic mass is 10.1. The molecule has 0 spiro atoms. The largest absolute Gasteiger partial charge is 0.478 e. The first-order valence-electron chi connectivity index (χ1n) is 14.5. The minimum Gasteiger partial charge on any atom is -0.478 e. The Morgan fingerprint density at radius 2 is 1.04 bits per heavy atom. The number of nitrogens with one attached hydrogen (secondary N) is 2. The molecule has 0 aliphatic heterocycles. The van der Waals surface area contributed by atoms with Crippen LogP contribution in [0.4, 0.5) is 11.4 Å². The van der Waals surface area contributed by atoms with E-state index in [4.69, 9.17) is 21.7 Å². The topological polar surface area (TPSA) is 220 Å². The monoisotopic (exact) mass is 638 g/mol. The molecule has 0 atom stereocenters. The third-order valence-electron chi connectivity index (χ3n) is 7.62. The predicted octanol–water partition coefficient (Wildman–Crippen LogP) is 5.39. The molecule has 0 bridgehead atoms. The summed E-state index contributed by atoms with van der Waals surface area (Å²) in [7, 11) is 0. The maximum absolute atomic E-state index is 11.1. The van der Waals surface area contributed by atoms with Gasteiger partial charge in [-0.2, -0.15) is 0 Å². The number of aromatic carboxylic acids is 2. The van der Waals surface area contributed by atoms with E-state index < -0.39 is 11.9 Å². The number of carboxylic acid groups (broad SMARTS) is 2. The van der Waals surface area contributed by atoms with Gasteiger partial charge in [-0.25, -0.2) is 29.5 Å². The van der Waals surface area contributed by atoms with Crippen molar-refractivity contribution in [3.63, 3.8) is 0 Å². The van der Waals surface area contributed by atoms with Crippen LogP contribution in [-0.4, -0.2) is 61.2 Å². The first-order chi connectivity index (χ1) is 23.2. The van der Waals surface area contributed by atoms with Gasteiger partial charge in [0.25, 0.3) is 0 Å². The van der Waals surface area contributed by atoms with E-state index in [0.29, 0.717) is 45.1 Å². The fraction of sp³-hybridized carbons (Fsp3) is 0. The number of fused-ring (bicyclic) bond motifs is 2. The summed E-state index contributed by atoms with van der Waals surface area (Å²) in [5.41, 5.74) is 20.0. The zero-order chi connectivity index (χ0) is 33.4. The summed E-state index contributed by atoms with van der Waals surface area (Å²) in [6, 6.07) is 20.8. The number of hydrogen-bond donors (Lipinski definition) is 6. The average molecular weight is 639 g/mol. The number of benzene rings is 4. The molecule has 0 aliphatic rings. The van der Waals surface area contributed by atoms with E-state index in [2.05, 4.69) is 29.9 Å². The number of nitrogen functional groups attached to an aromatic ring is 2. The number of aromatic nitrogens is 8. The summed E-state index contributed by atoms with van der Waals surface area (Å²) >= 11 is 0.